The molecule has 2 amide bonds. The number of nitrogens with one attached hydrogen (secondary N) is 1. The molecule has 29 heavy (non-hydrogen) atoms. The first kappa shape index (κ1) is 22.1. The molecule has 0 spiro atoms. The molecule has 5 nitrogen and oxygen atoms in total. The summed E-state index contributed by atoms with van der Waals surface area (Å²) < 4.78 is 13.2. The van der Waals surface area contributed by atoms with Crippen LogP contribution in [-0.2, 0) is 4.79 Å². The van der Waals surface area contributed by atoms with Crippen molar-refractivity contribution in [1.82, 2.24) is 9.80 Å². The van der Waals surface area contributed by atoms with Gasteiger partial charge in [0.15, 0.2) is 0 Å². The van der Waals surface area contributed by atoms with Crippen molar-refractivity contribution in [3.8, 4) is 0 Å². The molecule has 0 aliphatic carbocycles. The summed E-state index contributed by atoms with van der Waals surface area (Å²) in [4.78, 5) is 28.4. The lowest BCUT2D eigenvalue weighted by Crippen LogP contribution is -2.50. The first-order valence-electron chi connectivity index (χ1n) is 8.65. The largest absolute Gasteiger partial charge is 0.336 e. The lowest BCUT2D eigenvalue weighted by molar-refractivity contribution is -0.117. The minimum Gasteiger partial charge on any atom is -0.336 e. The van der Waals surface area contributed by atoms with E-state index in [-0.39, 0.29) is 34.0 Å². The van der Waals surface area contributed by atoms with Gasteiger partial charge in [-0.15, -0.1) is 0 Å². The highest BCUT2D eigenvalue weighted by molar-refractivity contribution is 6.44. The molecule has 0 aromatic heterocycles. The predicted octanol–water partition coefficient (Wildman–Crippen LogP) is 4.84. The van der Waals surface area contributed by atoms with Crippen LogP contribution in [0.2, 0.25) is 20.1 Å². The molecular formula is C19H16Cl4FN3O2. The second-order valence-corrected chi connectivity index (χ2v) is 8.12. The van der Waals surface area contributed by atoms with E-state index in [0.717, 1.165) is 6.07 Å². The maximum Gasteiger partial charge on any atom is 0.255 e. The lowest BCUT2D eigenvalue weighted by atomic mass is 10.1. The second kappa shape index (κ2) is 9.49. The van der Waals surface area contributed by atoms with Crippen LogP contribution in [0.4, 0.5) is 10.1 Å². The minimum absolute atomic E-state index is 0.0790. The molecule has 1 heterocycles. The standard InChI is InChI=1S/C19H16Cl4FN3O2/c20-13-7-11(24)1-2-12(13)19(29)27-5-3-26(4-6-27)10-18(28)25-17-9-15(22)14(21)8-16(17)23/h1-2,7-9H,3-6,10H2,(H,25,28). The molecule has 3 rings (SSSR count). The fraction of sp³-hybridized carbons (Fsp3) is 0.263. The van der Waals surface area contributed by atoms with Crippen molar-refractivity contribution in [3.05, 3.63) is 61.8 Å². The van der Waals surface area contributed by atoms with Gasteiger partial charge in [0, 0.05) is 26.2 Å². The van der Waals surface area contributed by atoms with E-state index < -0.39 is 5.82 Å². The third kappa shape index (κ3) is 5.53. The van der Waals surface area contributed by atoms with Crippen molar-refractivity contribution in [2.75, 3.05) is 38.0 Å². The Morgan fingerprint density at radius 2 is 1.55 bits per heavy atom. The van der Waals surface area contributed by atoms with Crippen molar-refractivity contribution >= 4 is 63.9 Å². The summed E-state index contributed by atoms with van der Waals surface area (Å²) >= 11 is 23.9. The molecule has 0 atom stereocenters. The average molecular weight is 479 g/mol. The van der Waals surface area contributed by atoms with E-state index in [9.17, 15) is 14.0 Å². The second-order valence-electron chi connectivity index (χ2n) is 6.49. The first-order chi connectivity index (χ1) is 13.7. The maximum atomic E-state index is 13.2. The van der Waals surface area contributed by atoms with Gasteiger partial charge in [0.25, 0.3) is 5.91 Å². The van der Waals surface area contributed by atoms with Gasteiger partial charge in [0.2, 0.25) is 5.91 Å². The Labute approximate surface area is 187 Å². The van der Waals surface area contributed by atoms with Crippen LogP contribution in [0.15, 0.2) is 30.3 Å². The van der Waals surface area contributed by atoms with Crippen LogP contribution in [0, 0.1) is 5.82 Å². The van der Waals surface area contributed by atoms with E-state index in [4.69, 9.17) is 46.4 Å². The monoisotopic (exact) mass is 477 g/mol. The summed E-state index contributed by atoms with van der Waals surface area (Å²) in [5.74, 6) is -1.02. The van der Waals surface area contributed by atoms with Crippen molar-refractivity contribution in [3.63, 3.8) is 0 Å². The Hall–Kier alpha value is -1.57. The van der Waals surface area contributed by atoms with Gasteiger partial charge in [-0.3, -0.25) is 14.5 Å². The van der Waals surface area contributed by atoms with Gasteiger partial charge in [-0.25, -0.2) is 4.39 Å². The van der Waals surface area contributed by atoms with Gasteiger partial charge in [0.05, 0.1) is 37.9 Å². The van der Waals surface area contributed by atoms with E-state index in [1.54, 1.807) is 4.90 Å². The number of rotatable bonds is 4. The van der Waals surface area contributed by atoms with Crippen LogP contribution in [0.1, 0.15) is 10.4 Å². The van der Waals surface area contributed by atoms with Gasteiger partial charge in [-0.2, -0.15) is 0 Å². The van der Waals surface area contributed by atoms with E-state index in [1.165, 1.54) is 24.3 Å². The highest BCUT2D eigenvalue weighted by Gasteiger charge is 2.25. The first-order valence-corrected chi connectivity index (χ1v) is 10.2. The SMILES string of the molecule is O=C(CN1CCN(C(=O)c2ccc(F)cc2Cl)CC1)Nc1cc(Cl)c(Cl)cc1Cl. The predicted molar refractivity (Wildman–Crippen MR) is 114 cm³/mol. The highest BCUT2D eigenvalue weighted by Crippen LogP contribution is 2.32. The molecule has 10 heteroatoms. The Balaban J connectivity index is 1.54. The minimum atomic E-state index is -0.496. The molecule has 154 valence electrons. The average Bonchev–Trinajstić information content (AvgIpc) is 2.66. The number of carbonyl (C=O) groups is 2. The van der Waals surface area contributed by atoms with Crippen molar-refractivity contribution in [2.24, 2.45) is 0 Å². The molecule has 0 unspecified atom stereocenters. The number of nitrogens with zero attached hydrogens (tertiary/aromatic N) is 2. The third-order valence-corrected chi connectivity index (χ3v) is 5.82. The number of hydrogen-bond donors (Lipinski definition) is 1. The van der Waals surface area contributed by atoms with Crippen LogP contribution in [0.3, 0.4) is 0 Å². The normalized spacial score (nSPS) is 14.7. The number of anilines is 1. The molecule has 1 aliphatic rings. The molecule has 2 aromatic carbocycles. The van der Waals surface area contributed by atoms with Gasteiger partial charge >= 0.3 is 0 Å². The van der Waals surface area contributed by atoms with Gasteiger partial charge in [0.1, 0.15) is 5.82 Å². The third-order valence-electron chi connectivity index (χ3n) is 4.47. The number of amides is 2. The number of carbonyl (C=O) groups excluding carboxylic acids is 2. The summed E-state index contributed by atoms with van der Waals surface area (Å²) in [5, 5.41) is 3.67. The molecule has 2 aromatic rings. The number of benzene rings is 2. The summed E-state index contributed by atoms with van der Waals surface area (Å²) in [7, 11) is 0. The number of hydrogen-bond acceptors (Lipinski definition) is 3. The Kier molecular flexibility index (Phi) is 7.24. The fourth-order valence-corrected chi connectivity index (χ4v) is 3.80. The Morgan fingerprint density at radius 3 is 2.21 bits per heavy atom. The van der Waals surface area contributed by atoms with E-state index >= 15 is 0 Å². The molecule has 1 saturated heterocycles. The zero-order chi connectivity index (χ0) is 21.1. The fourth-order valence-electron chi connectivity index (χ4n) is 2.95. The summed E-state index contributed by atoms with van der Waals surface area (Å²) in [6, 6.07) is 6.65. The van der Waals surface area contributed by atoms with E-state index in [1.807, 2.05) is 4.90 Å². The summed E-state index contributed by atoms with van der Waals surface area (Å²) in [5.41, 5.74) is 0.638. The van der Waals surface area contributed by atoms with Crippen LogP contribution in [-0.4, -0.2) is 54.3 Å². The maximum absolute atomic E-state index is 13.2. The quantitative estimate of drug-likeness (QED) is 0.640. The van der Waals surface area contributed by atoms with Gasteiger partial charge in [-0.05, 0) is 30.3 Å². The van der Waals surface area contributed by atoms with E-state index in [0.29, 0.717) is 41.9 Å². The van der Waals surface area contributed by atoms with Crippen LogP contribution < -0.4 is 5.32 Å². The van der Waals surface area contributed by atoms with Crippen LogP contribution in [0.25, 0.3) is 0 Å². The molecule has 1 aliphatic heterocycles. The Morgan fingerprint density at radius 1 is 0.897 bits per heavy atom. The molecule has 1 fully saturated rings. The zero-order valence-electron chi connectivity index (χ0n) is 15.0. The molecule has 0 saturated carbocycles. The van der Waals surface area contributed by atoms with Crippen molar-refractivity contribution in [2.45, 2.75) is 0 Å². The highest BCUT2D eigenvalue weighted by atomic mass is 35.5. The summed E-state index contributed by atoms with van der Waals surface area (Å²) in [6.45, 7) is 2.00. The van der Waals surface area contributed by atoms with E-state index in [2.05, 4.69) is 5.32 Å². The molecular weight excluding hydrogens is 463 g/mol. The zero-order valence-corrected chi connectivity index (χ0v) is 18.0. The van der Waals surface area contributed by atoms with Crippen molar-refractivity contribution in [1.29, 1.82) is 0 Å². The number of piperazine rings is 1. The smallest absolute Gasteiger partial charge is 0.255 e. The molecule has 0 bridgehead atoms. The summed E-state index contributed by atoms with van der Waals surface area (Å²) in [6.07, 6.45) is 0. The van der Waals surface area contributed by atoms with Crippen LogP contribution >= 0.6 is 46.4 Å². The van der Waals surface area contributed by atoms with Crippen LogP contribution in [0.5, 0.6) is 0 Å². The number of halogens is 5. The Bertz CT molecular complexity index is 949. The lowest BCUT2D eigenvalue weighted by Gasteiger charge is -2.34. The topological polar surface area (TPSA) is 52.7 Å². The molecule has 0 radical (unpaired) electrons. The van der Waals surface area contributed by atoms with Gasteiger partial charge < -0.3 is 10.2 Å². The van der Waals surface area contributed by atoms with Gasteiger partial charge in [-0.1, -0.05) is 46.4 Å². The molecule has 1 N–H and O–H groups in total. The van der Waals surface area contributed by atoms with Crippen molar-refractivity contribution < 1.29 is 14.0 Å².